The predicted octanol–water partition coefficient (Wildman–Crippen LogP) is 0.519. The van der Waals surface area contributed by atoms with E-state index in [0.29, 0.717) is 0 Å². The second-order valence-electron chi connectivity index (χ2n) is 4.20. The molecule has 1 atom stereocenters. The summed E-state index contributed by atoms with van der Waals surface area (Å²) in [5, 5.41) is 8.87. The van der Waals surface area contributed by atoms with Crippen molar-refractivity contribution in [2.24, 2.45) is 0 Å². The van der Waals surface area contributed by atoms with E-state index in [-0.39, 0.29) is 11.1 Å². The molecule has 118 valence electrons. The number of carbonyl (C=O) groups is 1. The minimum atomic E-state index is -3.91. The summed E-state index contributed by atoms with van der Waals surface area (Å²) in [6.07, 6.45) is -5.10. The molecular formula is C12H15F2NO5S. The number of rotatable bonds is 7. The smallest absolute Gasteiger partial charge is 0.337 e. The first kappa shape index (κ1) is 17.5. The number of aliphatic hydroxyl groups excluding tert-OH is 1. The minimum absolute atomic E-state index is 0.179. The maximum atomic E-state index is 12.1. The third kappa shape index (κ3) is 5.74. The topological polar surface area (TPSA) is 92.7 Å². The van der Waals surface area contributed by atoms with Crippen LogP contribution in [0.25, 0.3) is 0 Å². The van der Waals surface area contributed by atoms with Crippen LogP contribution in [-0.4, -0.2) is 45.7 Å². The molecule has 21 heavy (non-hydrogen) atoms. The first-order chi connectivity index (χ1) is 9.75. The standard InChI is InChI=1S/C12H15F2NO5S/c1-20-12(17)9-4-2-3-8(5-9)7-21(18,19)15-6-10(16)11(13)14/h2-5,10-11,15-16H,6-7H2,1H3. The molecule has 0 radical (unpaired) electrons. The summed E-state index contributed by atoms with van der Waals surface area (Å²) in [7, 11) is -2.71. The van der Waals surface area contributed by atoms with Crippen molar-refractivity contribution < 1.29 is 31.8 Å². The van der Waals surface area contributed by atoms with Crippen LogP contribution < -0.4 is 4.72 Å². The van der Waals surface area contributed by atoms with Gasteiger partial charge in [-0.1, -0.05) is 12.1 Å². The van der Waals surface area contributed by atoms with Crippen LogP contribution in [0.2, 0.25) is 0 Å². The van der Waals surface area contributed by atoms with Crippen LogP contribution in [0.15, 0.2) is 24.3 Å². The van der Waals surface area contributed by atoms with Gasteiger partial charge in [-0.2, -0.15) is 0 Å². The summed E-state index contributed by atoms with van der Waals surface area (Å²) in [6, 6.07) is 5.73. The van der Waals surface area contributed by atoms with Gasteiger partial charge in [-0.25, -0.2) is 26.7 Å². The van der Waals surface area contributed by atoms with E-state index in [1.54, 1.807) is 0 Å². The lowest BCUT2D eigenvalue weighted by Crippen LogP contribution is -2.36. The van der Waals surface area contributed by atoms with Gasteiger partial charge in [0.1, 0.15) is 6.10 Å². The Morgan fingerprint density at radius 1 is 1.43 bits per heavy atom. The van der Waals surface area contributed by atoms with Gasteiger partial charge in [-0.15, -0.1) is 0 Å². The number of hydrogen-bond acceptors (Lipinski definition) is 5. The van der Waals surface area contributed by atoms with Gasteiger partial charge in [0.05, 0.1) is 18.4 Å². The highest BCUT2D eigenvalue weighted by molar-refractivity contribution is 7.88. The average molecular weight is 323 g/mol. The van der Waals surface area contributed by atoms with Crippen LogP contribution in [0.5, 0.6) is 0 Å². The van der Waals surface area contributed by atoms with E-state index in [0.717, 1.165) is 0 Å². The van der Waals surface area contributed by atoms with E-state index in [2.05, 4.69) is 4.74 Å². The lowest BCUT2D eigenvalue weighted by molar-refractivity contribution is -0.000456. The van der Waals surface area contributed by atoms with Crippen molar-refractivity contribution in [2.45, 2.75) is 18.3 Å². The van der Waals surface area contributed by atoms with Crippen LogP contribution in [0, 0.1) is 0 Å². The monoisotopic (exact) mass is 323 g/mol. The summed E-state index contributed by atoms with van der Waals surface area (Å²) < 4.78 is 53.9. The molecule has 0 saturated heterocycles. The molecule has 0 aliphatic carbocycles. The van der Waals surface area contributed by atoms with Crippen LogP contribution in [0.4, 0.5) is 8.78 Å². The molecule has 0 aliphatic heterocycles. The minimum Gasteiger partial charge on any atom is -0.465 e. The molecule has 0 saturated carbocycles. The molecule has 9 heteroatoms. The molecule has 0 bridgehead atoms. The number of benzene rings is 1. The number of halogens is 2. The Morgan fingerprint density at radius 3 is 2.67 bits per heavy atom. The fourth-order valence-corrected chi connectivity index (χ4v) is 2.62. The summed E-state index contributed by atoms with van der Waals surface area (Å²) in [5.74, 6) is -1.12. The molecular weight excluding hydrogens is 308 g/mol. The highest BCUT2D eigenvalue weighted by Gasteiger charge is 2.20. The Morgan fingerprint density at radius 2 is 2.10 bits per heavy atom. The largest absolute Gasteiger partial charge is 0.465 e. The zero-order valence-corrected chi connectivity index (χ0v) is 11.9. The van der Waals surface area contributed by atoms with Crippen molar-refractivity contribution in [3.05, 3.63) is 35.4 Å². The van der Waals surface area contributed by atoms with Gasteiger partial charge < -0.3 is 9.84 Å². The number of esters is 1. The molecule has 1 unspecified atom stereocenters. The molecule has 1 aromatic carbocycles. The van der Waals surface area contributed by atoms with Gasteiger partial charge >= 0.3 is 5.97 Å². The molecule has 0 aromatic heterocycles. The van der Waals surface area contributed by atoms with Crippen LogP contribution in [0.1, 0.15) is 15.9 Å². The Balaban J connectivity index is 2.73. The lowest BCUT2D eigenvalue weighted by atomic mass is 10.1. The first-order valence-electron chi connectivity index (χ1n) is 5.86. The van der Waals surface area contributed by atoms with Gasteiger partial charge in [0.2, 0.25) is 10.0 Å². The predicted molar refractivity (Wildman–Crippen MR) is 70.4 cm³/mol. The number of hydrogen-bond donors (Lipinski definition) is 2. The number of alkyl halides is 2. The maximum Gasteiger partial charge on any atom is 0.337 e. The SMILES string of the molecule is COC(=O)c1cccc(CS(=O)(=O)NCC(O)C(F)F)c1. The quantitative estimate of drug-likeness (QED) is 0.714. The molecule has 0 amide bonds. The molecule has 1 rings (SSSR count). The van der Waals surface area contributed by atoms with Crippen LogP contribution >= 0.6 is 0 Å². The highest BCUT2D eigenvalue weighted by Crippen LogP contribution is 2.10. The van der Waals surface area contributed by atoms with Gasteiger partial charge in [0.25, 0.3) is 6.43 Å². The Kier molecular flexibility index (Phi) is 6.19. The third-order valence-electron chi connectivity index (χ3n) is 2.51. The number of methoxy groups -OCH3 is 1. The van der Waals surface area contributed by atoms with E-state index in [4.69, 9.17) is 5.11 Å². The fraction of sp³-hybridized carbons (Fsp3) is 0.417. The van der Waals surface area contributed by atoms with E-state index in [1.807, 2.05) is 4.72 Å². The maximum absolute atomic E-state index is 12.1. The van der Waals surface area contributed by atoms with Crippen LogP contribution in [-0.2, 0) is 20.5 Å². The van der Waals surface area contributed by atoms with Gasteiger partial charge in [-0.3, -0.25) is 0 Å². The van der Waals surface area contributed by atoms with Gasteiger partial charge in [0, 0.05) is 6.54 Å². The molecule has 0 heterocycles. The zero-order chi connectivity index (χ0) is 16.0. The zero-order valence-electron chi connectivity index (χ0n) is 11.1. The van der Waals surface area contributed by atoms with Gasteiger partial charge in [0.15, 0.2) is 0 Å². The Bertz CT molecular complexity index is 591. The molecule has 0 aliphatic rings. The fourth-order valence-electron chi connectivity index (χ4n) is 1.48. The van der Waals surface area contributed by atoms with Gasteiger partial charge in [-0.05, 0) is 17.7 Å². The number of ether oxygens (including phenoxy) is 1. The third-order valence-corrected chi connectivity index (χ3v) is 3.83. The van der Waals surface area contributed by atoms with Crippen molar-refractivity contribution in [3.8, 4) is 0 Å². The second kappa shape index (κ2) is 7.43. The number of sulfonamides is 1. The summed E-state index contributed by atoms with van der Waals surface area (Å²) in [5.41, 5.74) is 0.467. The first-order valence-corrected chi connectivity index (χ1v) is 7.51. The van der Waals surface area contributed by atoms with E-state index in [9.17, 15) is 22.0 Å². The van der Waals surface area contributed by atoms with E-state index in [1.165, 1.54) is 31.4 Å². The molecule has 6 nitrogen and oxygen atoms in total. The second-order valence-corrected chi connectivity index (χ2v) is 6.01. The van der Waals surface area contributed by atoms with Crippen molar-refractivity contribution in [1.82, 2.24) is 4.72 Å². The Hall–Kier alpha value is -1.58. The summed E-state index contributed by atoms with van der Waals surface area (Å²) in [4.78, 5) is 11.3. The molecule has 0 spiro atoms. The lowest BCUT2D eigenvalue weighted by Gasteiger charge is -2.11. The van der Waals surface area contributed by atoms with Crippen molar-refractivity contribution in [2.75, 3.05) is 13.7 Å². The number of carbonyl (C=O) groups excluding carboxylic acids is 1. The van der Waals surface area contributed by atoms with E-state index < -0.39 is 40.8 Å². The van der Waals surface area contributed by atoms with Crippen molar-refractivity contribution in [3.63, 3.8) is 0 Å². The van der Waals surface area contributed by atoms with E-state index >= 15 is 0 Å². The van der Waals surface area contributed by atoms with Crippen molar-refractivity contribution in [1.29, 1.82) is 0 Å². The van der Waals surface area contributed by atoms with Crippen LogP contribution in [0.3, 0.4) is 0 Å². The summed E-state index contributed by atoms with van der Waals surface area (Å²) in [6.45, 7) is -0.781. The molecule has 1 aromatic rings. The average Bonchev–Trinajstić information content (AvgIpc) is 2.43. The van der Waals surface area contributed by atoms with Crippen molar-refractivity contribution >= 4 is 16.0 Å². The Labute approximate surface area is 120 Å². The molecule has 0 fully saturated rings. The highest BCUT2D eigenvalue weighted by atomic mass is 32.2. The number of nitrogens with one attached hydrogen (secondary N) is 1. The normalized spacial score (nSPS) is 13.2. The molecule has 2 N–H and O–H groups in total. The number of aliphatic hydroxyl groups is 1. The summed E-state index contributed by atoms with van der Waals surface area (Å²) >= 11 is 0.